The third-order valence-electron chi connectivity index (χ3n) is 4.63. The highest BCUT2D eigenvalue weighted by Crippen LogP contribution is 2.27. The topological polar surface area (TPSA) is 84.9 Å². The zero-order valence-corrected chi connectivity index (χ0v) is 17.6. The molecule has 1 N–H and O–H groups in total. The number of nitrogens with one attached hydrogen (secondary N) is 1. The predicted molar refractivity (Wildman–Crippen MR) is 110 cm³/mol. The largest absolute Gasteiger partial charge is 0.495 e. The fraction of sp³-hybridized carbons (Fsp3) is 0.350. The van der Waals surface area contributed by atoms with Crippen molar-refractivity contribution in [3.63, 3.8) is 0 Å². The van der Waals surface area contributed by atoms with Gasteiger partial charge in [0.25, 0.3) is 0 Å². The number of methoxy groups -OCH3 is 1. The van der Waals surface area contributed by atoms with E-state index >= 15 is 0 Å². The minimum atomic E-state index is -3.98. The van der Waals surface area contributed by atoms with Crippen molar-refractivity contribution in [2.24, 2.45) is 0 Å². The number of hydrogen-bond acceptors (Lipinski definition) is 5. The standard InChI is InChI=1S/C20H23ClN2O5S/c1-27-19-8-7-16(14-17(19)21)29(25,26)22-18(13-15-5-3-2-4-6-15)20(24)23-9-11-28-12-10-23/h2-8,14,18,22H,9-13H2,1H3/t18-/m1/s1. The van der Waals surface area contributed by atoms with Crippen molar-refractivity contribution in [2.45, 2.75) is 17.4 Å². The molecule has 0 spiro atoms. The van der Waals surface area contributed by atoms with Gasteiger partial charge in [0, 0.05) is 13.1 Å². The van der Waals surface area contributed by atoms with Gasteiger partial charge in [-0.2, -0.15) is 4.72 Å². The number of benzene rings is 2. The van der Waals surface area contributed by atoms with E-state index in [1.807, 2.05) is 30.3 Å². The molecule has 7 nitrogen and oxygen atoms in total. The molecule has 1 atom stereocenters. The second-order valence-corrected chi connectivity index (χ2v) is 8.72. The van der Waals surface area contributed by atoms with Gasteiger partial charge in [-0.25, -0.2) is 8.42 Å². The normalized spacial score (nSPS) is 15.7. The molecule has 9 heteroatoms. The third-order valence-corrected chi connectivity index (χ3v) is 6.40. The number of morpholine rings is 1. The molecule has 1 heterocycles. The van der Waals surface area contributed by atoms with E-state index in [0.717, 1.165) is 5.56 Å². The highest BCUT2D eigenvalue weighted by molar-refractivity contribution is 7.89. The molecule has 0 aromatic heterocycles. The first-order chi connectivity index (χ1) is 13.9. The van der Waals surface area contributed by atoms with E-state index in [-0.39, 0.29) is 22.2 Å². The molecule has 1 fully saturated rings. The van der Waals surface area contributed by atoms with Crippen LogP contribution in [-0.4, -0.2) is 58.7 Å². The van der Waals surface area contributed by atoms with Crippen LogP contribution in [0.3, 0.4) is 0 Å². The Hall–Kier alpha value is -2.13. The van der Waals surface area contributed by atoms with E-state index in [4.69, 9.17) is 21.1 Å². The van der Waals surface area contributed by atoms with E-state index in [1.54, 1.807) is 4.90 Å². The number of halogens is 1. The van der Waals surface area contributed by atoms with E-state index in [0.29, 0.717) is 32.1 Å². The number of rotatable bonds is 7. The van der Waals surface area contributed by atoms with Crippen molar-refractivity contribution < 1.29 is 22.7 Å². The number of nitrogens with zero attached hydrogens (tertiary/aromatic N) is 1. The van der Waals surface area contributed by atoms with Gasteiger partial charge >= 0.3 is 0 Å². The van der Waals surface area contributed by atoms with Crippen LogP contribution in [0.25, 0.3) is 0 Å². The Kier molecular flexibility index (Phi) is 7.13. The molecule has 0 saturated carbocycles. The first-order valence-corrected chi connectivity index (χ1v) is 11.0. The molecule has 1 amide bonds. The maximum absolute atomic E-state index is 13.1. The van der Waals surface area contributed by atoms with Crippen LogP contribution in [0.1, 0.15) is 5.56 Å². The van der Waals surface area contributed by atoms with E-state index < -0.39 is 16.1 Å². The summed E-state index contributed by atoms with van der Waals surface area (Å²) in [7, 11) is -2.53. The summed E-state index contributed by atoms with van der Waals surface area (Å²) in [5.41, 5.74) is 0.856. The summed E-state index contributed by atoms with van der Waals surface area (Å²) >= 11 is 6.08. The predicted octanol–water partition coefficient (Wildman–Crippen LogP) is 2.10. The van der Waals surface area contributed by atoms with Crippen molar-refractivity contribution in [2.75, 3.05) is 33.4 Å². The van der Waals surface area contributed by atoms with Crippen molar-refractivity contribution in [3.8, 4) is 5.75 Å². The molecule has 1 aliphatic heterocycles. The molecule has 3 rings (SSSR count). The lowest BCUT2D eigenvalue weighted by Gasteiger charge is -2.30. The first-order valence-electron chi connectivity index (χ1n) is 9.17. The highest BCUT2D eigenvalue weighted by atomic mass is 35.5. The smallest absolute Gasteiger partial charge is 0.241 e. The van der Waals surface area contributed by atoms with Gasteiger partial charge < -0.3 is 14.4 Å². The summed E-state index contributed by atoms with van der Waals surface area (Å²) in [4.78, 5) is 14.7. The summed E-state index contributed by atoms with van der Waals surface area (Å²) in [6.07, 6.45) is 0.236. The minimum absolute atomic E-state index is 0.0314. The molecule has 1 saturated heterocycles. The number of carbonyl (C=O) groups is 1. The fourth-order valence-corrected chi connectivity index (χ4v) is 4.64. The Morgan fingerprint density at radius 2 is 1.90 bits per heavy atom. The van der Waals surface area contributed by atoms with Crippen LogP contribution in [0.2, 0.25) is 5.02 Å². The number of carbonyl (C=O) groups excluding carboxylic acids is 1. The molecule has 0 bridgehead atoms. The Labute approximate surface area is 175 Å². The molecule has 0 unspecified atom stereocenters. The van der Waals surface area contributed by atoms with Crippen molar-refractivity contribution in [3.05, 3.63) is 59.1 Å². The fourth-order valence-electron chi connectivity index (χ4n) is 3.10. The van der Waals surface area contributed by atoms with Crippen LogP contribution in [-0.2, 0) is 26.0 Å². The van der Waals surface area contributed by atoms with E-state index in [1.165, 1.54) is 25.3 Å². The lowest BCUT2D eigenvalue weighted by atomic mass is 10.1. The zero-order valence-electron chi connectivity index (χ0n) is 16.0. The lowest BCUT2D eigenvalue weighted by Crippen LogP contribution is -2.52. The number of hydrogen-bond donors (Lipinski definition) is 1. The molecule has 0 radical (unpaired) electrons. The van der Waals surface area contributed by atoms with Gasteiger partial charge in [0.15, 0.2) is 0 Å². The summed E-state index contributed by atoms with van der Waals surface area (Å²) < 4.78 is 38.9. The van der Waals surface area contributed by atoms with Gasteiger partial charge in [0.1, 0.15) is 11.8 Å². The molecular formula is C20H23ClN2O5S. The van der Waals surface area contributed by atoms with Crippen LogP contribution in [0, 0.1) is 0 Å². The third kappa shape index (κ3) is 5.48. The van der Waals surface area contributed by atoms with E-state index in [2.05, 4.69) is 4.72 Å². The van der Waals surface area contributed by atoms with Crippen LogP contribution in [0.4, 0.5) is 0 Å². The van der Waals surface area contributed by atoms with Gasteiger partial charge in [-0.1, -0.05) is 41.9 Å². The molecule has 1 aliphatic rings. The summed E-state index contributed by atoms with van der Waals surface area (Å²) in [5.74, 6) is 0.0937. The zero-order chi connectivity index (χ0) is 20.9. The Bertz CT molecular complexity index is 947. The monoisotopic (exact) mass is 438 g/mol. The quantitative estimate of drug-likeness (QED) is 0.715. The van der Waals surface area contributed by atoms with Crippen LogP contribution >= 0.6 is 11.6 Å². The van der Waals surface area contributed by atoms with Gasteiger partial charge in [0.2, 0.25) is 15.9 Å². The number of ether oxygens (including phenoxy) is 2. The van der Waals surface area contributed by atoms with Crippen molar-refractivity contribution >= 4 is 27.5 Å². The van der Waals surface area contributed by atoms with Crippen LogP contribution in [0.5, 0.6) is 5.75 Å². The average Bonchev–Trinajstić information content (AvgIpc) is 2.74. The number of sulfonamides is 1. The molecule has 0 aliphatic carbocycles. The molecular weight excluding hydrogens is 416 g/mol. The van der Waals surface area contributed by atoms with E-state index in [9.17, 15) is 13.2 Å². The van der Waals surface area contributed by atoms with Crippen LogP contribution < -0.4 is 9.46 Å². The summed E-state index contributed by atoms with van der Waals surface area (Å²) in [6, 6.07) is 12.5. The summed E-state index contributed by atoms with van der Waals surface area (Å²) in [6.45, 7) is 1.73. The molecule has 29 heavy (non-hydrogen) atoms. The summed E-state index contributed by atoms with van der Waals surface area (Å²) in [5, 5.41) is 0.175. The molecule has 156 valence electrons. The average molecular weight is 439 g/mol. The van der Waals surface area contributed by atoms with Gasteiger partial charge in [-0.3, -0.25) is 4.79 Å². The Morgan fingerprint density at radius 1 is 1.21 bits per heavy atom. The van der Waals surface area contributed by atoms with Gasteiger partial charge in [-0.05, 0) is 30.2 Å². The lowest BCUT2D eigenvalue weighted by molar-refractivity contribution is -0.137. The second-order valence-electron chi connectivity index (χ2n) is 6.60. The molecule has 2 aromatic rings. The SMILES string of the molecule is COc1ccc(S(=O)(=O)N[C@H](Cc2ccccc2)C(=O)N2CCOCC2)cc1Cl. The second kappa shape index (κ2) is 9.58. The Morgan fingerprint density at radius 3 is 2.52 bits per heavy atom. The maximum Gasteiger partial charge on any atom is 0.241 e. The van der Waals surface area contributed by atoms with Gasteiger partial charge in [-0.15, -0.1) is 0 Å². The minimum Gasteiger partial charge on any atom is -0.495 e. The first kappa shape index (κ1) is 21.6. The van der Waals surface area contributed by atoms with Gasteiger partial charge in [0.05, 0.1) is 30.2 Å². The van der Waals surface area contributed by atoms with Crippen molar-refractivity contribution in [1.29, 1.82) is 0 Å². The maximum atomic E-state index is 13.1. The van der Waals surface area contributed by atoms with Crippen molar-refractivity contribution in [1.82, 2.24) is 9.62 Å². The highest BCUT2D eigenvalue weighted by Gasteiger charge is 2.30. The Balaban J connectivity index is 1.86. The van der Waals surface area contributed by atoms with Crippen LogP contribution in [0.15, 0.2) is 53.4 Å². The number of amides is 1. The molecule has 2 aromatic carbocycles.